The van der Waals surface area contributed by atoms with Crippen LogP contribution < -0.4 is 11.1 Å². The van der Waals surface area contributed by atoms with E-state index in [0.29, 0.717) is 38.0 Å². The first-order valence-electron chi connectivity index (χ1n) is 4.71. The Bertz CT molecular complexity index is 265. The van der Waals surface area contributed by atoms with Gasteiger partial charge in [-0.1, -0.05) is 0 Å². The van der Waals surface area contributed by atoms with E-state index in [4.69, 9.17) is 15.2 Å². The van der Waals surface area contributed by atoms with Gasteiger partial charge in [0.1, 0.15) is 0 Å². The maximum Gasteiger partial charge on any atom is 0.222 e. The van der Waals surface area contributed by atoms with Gasteiger partial charge in [0.05, 0.1) is 37.9 Å². The number of anilines is 2. The van der Waals surface area contributed by atoms with Crippen molar-refractivity contribution in [3.8, 4) is 0 Å². The second-order valence-electron chi connectivity index (χ2n) is 2.87. The average molecular weight is 212 g/mol. The van der Waals surface area contributed by atoms with Gasteiger partial charge in [0.15, 0.2) is 0 Å². The van der Waals surface area contributed by atoms with Crippen molar-refractivity contribution < 1.29 is 9.47 Å². The minimum absolute atomic E-state index is 0.553. The van der Waals surface area contributed by atoms with E-state index in [9.17, 15) is 0 Å². The molecule has 15 heavy (non-hydrogen) atoms. The summed E-state index contributed by atoms with van der Waals surface area (Å²) in [5.41, 5.74) is 6.00. The summed E-state index contributed by atoms with van der Waals surface area (Å²) in [5, 5.41) is 3.01. The molecule has 1 aromatic heterocycles. The molecule has 0 bridgehead atoms. The third-order valence-electron chi connectivity index (χ3n) is 1.63. The fourth-order valence-electron chi connectivity index (χ4n) is 0.909. The van der Waals surface area contributed by atoms with Gasteiger partial charge in [-0.3, -0.25) is 0 Å². The Morgan fingerprint density at radius 2 is 2.00 bits per heavy atom. The first-order valence-corrected chi connectivity index (χ1v) is 4.71. The molecule has 0 atom stereocenters. The predicted molar refractivity (Wildman–Crippen MR) is 57.6 cm³/mol. The van der Waals surface area contributed by atoms with Gasteiger partial charge in [-0.05, 0) is 0 Å². The molecule has 84 valence electrons. The molecule has 0 saturated heterocycles. The van der Waals surface area contributed by atoms with Gasteiger partial charge in [-0.15, -0.1) is 0 Å². The zero-order valence-electron chi connectivity index (χ0n) is 8.77. The van der Waals surface area contributed by atoms with Crippen LogP contribution in [0.2, 0.25) is 0 Å². The van der Waals surface area contributed by atoms with E-state index in [0.717, 1.165) is 0 Å². The monoisotopic (exact) mass is 212 g/mol. The van der Waals surface area contributed by atoms with Gasteiger partial charge < -0.3 is 20.5 Å². The van der Waals surface area contributed by atoms with Crippen molar-refractivity contribution in [2.45, 2.75) is 0 Å². The molecule has 3 N–H and O–H groups in total. The minimum Gasteiger partial charge on any atom is -0.396 e. The lowest BCUT2D eigenvalue weighted by molar-refractivity contribution is 0.0759. The molecule has 1 aromatic rings. The third kappa shape index (κ3) is 5.14. The number of rotatable bonds is 7. The lowest BCUT2D eigenvalue weighted by atomic mass is 10.5. The molecule has 0 amide bonds. The summed E-state index contributed by atoms with van der Waals surface area (Å²) in [5.74, 6) is 0.555. The van der Waals surface area contributed by atoms with Crippen LogP contribution in [0, 0.1) is 0 Å². The molecular formula is C9H16N4O2. The quantitative estimate of drug-likeness (QED) is 0.625. The topological polar surface area (TPSA) is 82.3 Å². The van der Waals surface area contributed by atoms with Crippen LogP contribution in [0.3, 0.4) is 0 Å². The van der Waals surface area contributed by atoms with E-state index in [1.165, 1.54) is 0 Å². The molecule has 0 fully saturated rings. The van der Waals surface area contributed by atoms with Crippen LogP contribution in [0.15, 0.2) is 12.4 Å². The smallest absolute Gasteiger partial charge is 0.222 e. The number of nitrogen functional groups attached to an aromatic ring is 1. The fraction of sp³-hybridized carbons (Fsp3) is 0.556. The van der Waals surface area contributed by atoms with Crippen LogP contribution in [0.25, 0.3) is 0 Å². The molecule has 0 unspecified atom stereocenters. The van der Waals surface area contributed by atoms with Gasteiger partial charge in [-0.2, -0.15) is 0 Å². The van der Waals surface area contributed by atoms with Gasteiger partial charge in [0, 0.05) is 13.7 Å². The number of hydrogen-bond acceptors (Lipinski definition) is 6. The minimum atomic E-state index is 0.553. The highest BCUT2D eigenvalue weighted by Gasteiger charge is 1.94. The van der Waals surface area contributed by atoms with E-state index in [1.54, 1.807) is 19.5 Å². The second-order valence-corrected chi connectivity index (χ2v) is 2.87. The summed E-state index contributed by atoms with van der Waals surface area (Å²) < 4.78 is 10.1. The molecule has 0 aliphatic rings. The first-order chi connectivity index (χ1) is 7.33. The van der Waals surface area contributed by atoms with Crippen LogP contribution in [-0.4, -0.2) is 43.4 Å². The van der Waals surface area contributed by atoms with Crippen molar-refractivity contribution in [1.29, 1.82) is 0 Å². The molecule has 0 aliphatic carbocycles. The van der Waals surface area contributed by atoms with Crippen LogP contribution in [0.5, 0.6) is 0 Å². The van der Waals surface area contributed by atoms with Crippen molar-refractivity contribution in [3.05, 3.63) is 12.4 Å². The molecule has 0 aromatic carbocycles. The largest absolute Gasteiger partial charge is 0.396 e. The lowest BCUT2D eigenvalue weighted by Gasteiger charge is -2.05. The lowest BCUT2D eigenvalue weighted by Crippen LogP contribution is -2.13. The maximum atomic E-state index is 5.45. The Kier molecular flexibility index (Phi) is 5.42. The number of aromatic nitrogens is 2. The molecule has 0 saturated carbocycles. The van der Waals surface area contributed by atoms with Crippen LogP contribution in [0.1, 0.15) is 0 Å². The molecule has 0 radical (unpaired) electrons. The number of nitrogens with one attached hydrogen (secondary N) is 1. The molecule has 1 rings (SSSR count). The summed E-state index contributed by atoms with van der Waals surface area (Å²) in [6.45, 7) is 2.46. The van der Waals surface area contributed by atoms with Crippen molar-refractivity contribution in [1.82, 2.24) is 9.97 Å². The fourth-order valence-corrected chi connectivity index (χ4v) is 0.909. The Hall–Kier alpha value is -1.40. The van der Waals surface area contributed by atoms with Crippen LogP contribution in [-0.2, 0) is 9.47 Å². The highest BCUT2D eigenvalue weighted by Crippen LogP contribution is 1.99. The van der Waals surface area contributed by atoms with Gasteiger partial charge in [0.25, 0.3) is 0 Å². The highest BCUT2D eigenvalue weighted by molar-refractivity contribution is 5.35. The molecule has 1 heterocycles. The van der Waals surface area contributed by atoms with Crippen molar-refractivity contribution >= 4 is 11.6 Å². The Morgan fingerprint density at radius 3 is 2.67 bits per heavy atom. The number of ether oxygens (including phenoxy) is 2. The number of methoxy groups -OCH3 is 1. The molecule has 0 spiro atoms. The van der Waals surface area contributed by atoms with E-state index in [2.05, 4.69) is 15.3 Å². The predicted octanol–water partition coefficient (Wildman–Crippen LogP) is 0.134. The summed E-state index contributed by atoms with van der Waals surface area (Å²) in [6.07, 6.45) is 3.11. The Balaban J connectivity index is 2.07. The first kappa shape index (κ1) is 11.7. The van der Waals surface area contributed by atoms with E-state index in [1.807, 2.05) is 0 Å². The summed E-state index contributed by atoms with van der Waals surface area (Å²) in [6, 6.07) is 0. The van der Waals surface area contributed by atoms with E-state index in [-0.39, 0.29) is 0 Å². The zero-order chi connectivity index (χ0) is 10.9. The maximum absolute atomic E-state index is 5.45. The molecule has 6 heteroatoms. The molecular weight excluding hydrogens is 196 g/mol. The number of nitrogens with zero attached hydrogens (tertiary/aromatic N) is 2. The zero-order valence-corrected chi connectivity index (χ0v) is 8.77. The van der Waals surface area contributed by atoms with Gasteiger partial charge in [-0.25, -0.2) is 9.97 Å². The molecule has 0 aliphatic heterocycles. The number of hydrogen-bond donors (Lipinski definition) is 2. The second kappa shape index (κ2) is 6.97. The van der Waals surface area contributed by atoms with Crippen molar-refractivity contribution in [3.63, 3.8) is 0 Å². The summed E-state index contributed by atoms with van der Waals surface area (Å²) >= 11 is 0. The number of nitrogens with two attached hydrogens (primary N) is 1. The Labute approximate surface area is 88.8 Å². The molecule has 6 nitrogen and oxygen atoms in total. The Morgan fingerprint density at radius 1 is 1.27 bits per heavy atom. The van der Waals surface area contributed by atoms with Crippen molar-refractivity contribution in [2.24, 2.45) is 0 Å². The normalized spacial score (nSPS) is 10.2. The third-order valence-corrected chi connectivity index (χ3v) is 1.63. The summed E-state index contributed by atoms with van der Waals surface area (Å²) in [7, 11) is 1.64. The highest BCUT2D eigenvalue weighted by atomic mass is 16.5. The van der Waals surface area contributed by atoms with E-state index >= 15 is 0 Å². The SMILES string of the molecule is COCCOCCNc1ncc(N)cn1. The van der Waals surface area contributed by atoms with Gasteiger partial charge >= 0.3 is 0 Å². The van der Waals surface area contributed by atoms with Crippen LogP contribution >= 0.6 is 0 Å². The average Bonchev–Trinajstić information content (AvgIpc) is 2.26. The standard InChI is InChI=1S/C9H16N4O2/c1-14-4-5-15-3-2-11-9-12-6-8(10)7-13-9/h6-7H,2-5,10H2,1H3,(H,11,12,13). The van der Waals surface area contributed by atoms with Gasteiger partial charge in [0.2, 0.25) is 5.95 Å². The van der Waals surface area contributed by atoms with Crippen molar-refractivity contribution in [2.75, 3.05) is 44.5 Å². The van der Waals surface area contributed by atoms with E-state index < -0.39 is 0 Å². The van der Waals surface area contributed by atoms with Crippen LogP contribution in [0.4, 0.5) is 11.6 Å². The summed E-state index contributed by atoms with van der Waals surface area (Å²) in [4.78, 5) is 7.97.